The topological polar surface area (TPSA) is 75.7 Å². The molecule has 0 spiro atoms. The summed E-state index contributed by atoms with van der Waals surface area (Å²) in [4.78, 5) is 14.3. The van der Waals surface area contributed by atoms with Gasteiger partial charge in [0.15, 0.2) is 6.10 Å². The normalized spacial score (nSPS) is 14.9. The van der Waals surface area contributed by atoms with Crippen molar-refractivity contribution in [2.45, 2.75) is 22.5 Å². The number of amides is 1. The van der Waals surface area contributed by atoms with Crippen LogP contribution in [0.15, 0.2) is 114 Å². The molecule has 4 aromatic carbocycles. The first-order chi connectivity index (χ1) is 18.0. The zero-order chi connectivity index (χ0) is 25.7. The van der Waals surface area contributed by atoms with E-state index in [4.69, 9.17) is 4.74 Å². The first-order valence-corrected chi connectivity index (χ1v) is 14.5. The summed E-state index contributed by atoms with van der Waals surface area (Å²) in [6.45, 7) is -0.107. The largest absolute Gasteiger partial charge is 0.476 e. The third kappa shape index (κ3) is 6.15. The van der Waals surface area contributed by atoms with Crippen molar-refractivity contribution in [3.63, 3.8) is 0 Å². The molecule has 8 heteroatoms. The molecule has 0 fully saturated rings. The number of carbonyl (C=O) groups is 1. The number of para-hydroxylation sites is 2. The highest BCUT2D eigenvalue weighted by Gasteiger charge is 2.36. The van der Waals surface area contributed by atoms with Gasteiger partial charge >= 0.3 is 0 Å². The van der Waals surface area contributed by atoms with E-state index in [-0.39, 0.29) is 12.3 Å². The summed E-state index contributed by atoms with van der Waals surface area (Å²) in [5.41, 5.74) is 2.87. The summed E-state index contributed by atoms with van der Waals surface area (Å²) in [7, 11) is -3.75. The number of sulfonamides is 1. The quantitative estimate of drug-likeness (QED) is 0.295. The Morgan fingerprint density at radius 3 is 2.22 bits per heavy atom. The van der Waals surface area contributed by atoms with Crippen molar-refractivity contribution in [2.24, 2.45) is 0 Å². The molecule has 0 radical (unpaired) electrons. The summed E-state index contributed by atoms with van der Waals surface area (Å²) in [6.07, 6.45) is -0.992. The zero-order valence-corrected chi connectivity index (χ0v) is 21.6. The van der Waals surface area contributed by atoms with Crippen molar-refractivity contribution in [1.29, 1.82) is 0 Å². The first kappa shape index (κ1) is 24.9. The minimum absolute atomic E-state index is 0.107. The zero-order valence-electron chi connectivity index (χ0n) is 20.0. The number of carbonyl (C=O) groups excluding carboxylic acids is 1. The Hall–Kier alpha value is -3.75. The second kappa shape index (κ2) is 11.1. The fraction of sp³-hybridized carbons (Fsp3) is 0.138. The second-order valence-corrected chi connectivity index (χ2v) is 11.6. The van der Waals surface area contributed by atoms with Gasteiger partial charge in [0.2, 0.25) is 10.0 Å². The van der Waals surface area contributed by atoms with E-state index < -0.39 is 22.0 Å². The van der Waals surface area contributed by atoms with Gasteiger partial charge in [-0.1, -0.05) is 72.8 Å². The van der Waals surface area contributed by atoms with E-state index in [0.717, 1.165) is 11.3 Å². The minimum atomic E-state index is -3.75. The van der Waals surface area contributed by atoms with Gasteiger partial charge in [-0.25, -0.2) is 8.42 Å². The number of hydrogen-bond acceptors (Lipinski definition) is 5. The molecule has 1 aliphatic heterocycles. The Kier molecular flexibility index (Phi) is 7.48. The Bertz CT molecular complexity index is 1460. The van der Waals surface area contributed by atoms with Crippen molar-refractivity contribution in [3.05, 3.63) is 120 Å². The van der Waals surface area contributed by atoms with Crippen molar-refractivity contribution in [2.75, 3.05) is 16.2 Å². The molecule has 37 heavy (non-hydrogen) atoms. The predicted octanol–water partition coefficient (Wildman–Crippen LogP) is 5.72. The number of benzene rings is 4. The summed E-state index contributed by atoms with van der Waals surface area (Å²) < 4.78 is 34.0. The van der Waals surface area contributed by atoms with E-state index in [1.807, 2.05) is 48.5 Å². The maximum atomic E-state index is 13.4. The standard InChI is InChI=1S/C29H26N2O4S2/c32-29(30-24-17-15-22(16-18-24)20-36-25-11-5-2-6-12-25)28-19-31(26-13-7-8-14-27(26)35-28)37(33,34)21-23-9-3-1-4-10-23/h1-18,28H,19-21H2,(H,30,32)/t28-/m0/s1. The average molecular weight is 531 g/mol. The number of ether oxygens (including phenoxy) is 1. The van der Waals surface area contributed by atoms with Gasteiger partial charge in [-0.05, 0) is 47.5 Å². The van der Waals surface area contributed by atoms with Gasteiger partial charge in [-0.2, -0.15) is 0 Å². The number of nitrogens with zero attached hydrogens (tertiary/aromatic N) is 1. The van der Waals surface area contributed by atoms with Crippen LogP contribution in [-0.4, -0.2) is 27.0 Å². The van der Waals surface area contributed by atoms with Crippen LogP contribution in [0.3, 0.4) is 0 Å². The van der Waals surface area contributed by atoms with Crippen LogP contribution in [0.4, 0.5) is 11.4 Å². The molecule has 0 bridgehead atoms. The van der Waals surface area contributed by atoms with E-state index in [1.54, 1.807) is 60.3 Å². The molecule has 0 saturated carbocycles. The van der Waals surface area contributed by atoms with Crippen LogP contribution in [0.5, 0.6) is 5.75 Å². The average Bonchev–Trinajstić information content (AvgIpc) is 2.93. The molecule has 1 atom stereocenters. The second-order valence-electron chi connectivity index (χ2n) is 8.64. The third-order valence-corrected chi connectivity index (χ3v) is 8.72. The molecular weight excluding hydrogens is 504 g/mol. The molecule has 5 rings (SSSR count). The van der Waals surface area contributed by atoms with Gasteiger partial charge in [-0.15, -0.1) is 11.8 Å². The van der Waals surface area contributed by atoms with E-state index in [2.05, 4.69) is 17.4 Å². The summed E-state index contributed by atoms with van der Waals surface area (Å²) in [5, 5.41) is 2.87. The number of rotatable bonds is 8. The Morgan fingerprint density at radius 2 is 1.49 bits per heavy atom. The molecule has 6 nitrogen and oxygen atoms in total. The summed E-state index contributed by atoms with van der Waals surface area (Å²) in [5.74, 6) is 0.605. The molecule has 1 heterocycles. The van der Waals surface area contributed by atoms with Crippen molar-refractivity contribution in [1.82, 2.24) is 0 Å². The lowest BCUT2D eigenvalue weighted by Gasteiger charge is -2.34. The van der Waals surface area contributed by atoms with Gasteiger partial charge in [0.1, 0.15) is 5.75 Å². The lowest BCUT2D eigenvalue weighted by atomic mass is 10.2. The van der Waals surface area contributed by atoms with Crippen LogP contribution in [0, 0.1) is 0 Å². The van der Waals surface area contributed by atoms with Crippen LogP contribution in [0.1, 0.15) is 11.1 Å². The van der Waals surface area contributed by atoms with Crippen LogP contribution in [0.2, 0.25) is 0 Å². The van der Waals surface area contributed by atoms with Gasteiger partial charge in [0, 0.05) is 16.3 Å². The lowest BCUT2D eigenvalue weighted by molar-refractivity contribution is -0.122. The fourth-order valence-electron chi connectivity index (χ4n) is 4.06. The lowest BCUT2D eigenvalue weighted by Crippen LogP contribution is -2.49. The van der Waals surface area contributed by atoms with Crippen LogP contribution in [0.25, 0.3) is 0 Å². The highest BCUT2D eigenvalue weighted by molar-refractivity contribution is 7.98. The van der Waals surface area contributed by atoms with Gasteiger partial charge in [0.05, 0.1) is 18.0 Å². The van der Waals surface area contributed by atoms with E-state index in [9.17, 15) is 13.2 Å². The number of fused-ring (bicyclic) bond motifs is 1. The third-order valence-electron chi connectivity index (χ3n) is 5.93. The molecule has 1 N–H and O–H groups in total. The maximum Gasteiger partial charge on any atom is 0.267 e. The fourth-order valence-corrected chi connectivity index (χ4v) is 6.51. The Morgan fingerprint density at radius 1 is 0.838 bits per heavy atom. The minimum Gasteiger partial charge on any atom is -0.476 e. The van der Waals surface area contributed by atoms with Crippen molar-refractivity contribution in [3.8, 4) is 5.75 Å². The van der Waals surface area contributed by atoms with Gasteiger partial charge in [-0.3, -0.25) is 9.10 Å². The molecule has 0 saturated heterocycles. The number of hydrogen-bond donors (Lipinski definition) is 1. The van der Waals surface area contributed by atoms with E-state index in [1.165, 1.54) is 9.20 Å². The van der Waals surface area contributed by atoms with Crippen molar-refractivity contribution >= 4 is 39.1 Å². The maximum absolute atomic E-state index is 13.4. The highest BCUT2D eigenvalue weighted by atomic mass is 32.2. The van der Waals surface area contributed by atoms with E-state index in [0.29, 0.717) is 22.7 Å². The van der Waals surface area contributed by atoms with E-state index >= 15 is 0 Å². The first-order valence-electron chi connectivity index (χ1n) is 11.9. The molecular formula is C29H26N2O4S2. The molecule has 1 amide bonds. The summed E-state index contributed by atoms with van der Waals surface area (Å²) >= 11 is 1.74. The SMILES string of the molecule is O=C(Nc1ccc(CSc2ccccc2)cc1)[C@@H]1CN(S(=O)(=O)Cc2ccccc2)c2ccccc2O1. The number of nitrogens with one attached hydrogen (secondary N) is 1. The summed E-state index contributed by atoms with van der Waals surface area (Å²) in [6, 6.07) is 33.7. The van der Waals surface area contributed by atoms with Crippen LogP contribution in [-0.2, 0) is 26.3 Å². The smallest absolute Gasteiger partial charge is 0.267 e. The monoisotopic (exact) mass is 530 g/mol. The van der Waals surface area contributed by atoms with Crippen LogP contribution < -0.4 is 14.4 Å². The molecule has 188 valence electrons. The molecule has 0 unspecified atom stereocenters. The van der Waals surface area contributed by atoms with Crippen LogP contribution >= 0.6 is 11.8 Å². The number of anilines is 2. The Balaban J connectivity index is 1.27. The number of thioether (sulfide) groups is 1. The van der Waals surface area contributed by atoms with Crippen molar-refractivity contribution < 1.29 is 17.9 Å². The Labute approximate surface area is 221 Å². The molecule has 0 aliphatic carbocycles. The van der Waals surface area contributed by atoms with Gasteiger partial charge < -0.3 is 10.1 Å². The molecule has 1 aliphatic rings. The predicted molar refractivity (Wildman–Crippen MR) is 148 cm³/mol. The van der Waals surface area contributed by atoms with Gasteiger partial charge in [0.25, 0.3) is 5.91 Å². The molecule has 4 aromatic rings. The highest BCUT2D eigenvalue weighted by Crippen LogP contribution is 2.36. The molecule has 0 aromatic heterocycles.